The number of carbonyl (C=O) groups is 1. The minimum atomic E-state index is -0.204. The average molecular weight is 384 g/mol. The van der Waals surface area contributed by atoms with Crippen LogP contribution in [-0.2, 0) is 6.42 Å². The lowest BCUT2D eigenvalue weighted by molar-refractivity contribution is 0.0950. The van der Waals surface area contributed by atoms with Crippen molar-refractivity contribution >= 4 is 28.1 Å². The standard InChI is InChI=1S/C22H16N4OS/c1-2-21-26-20(13-28-21)22(27)24-11-10-15-6-8-16(9-7-15)17-4-3-5-19-18(17)12-23-14-25-19/h1,3-9,12-14H,10-11H2,(H,24,27). The van der Waals surface area contributed by atoms with Crippen molar-refractivity contribution < 1.29 is 4.79 Å². The van der Waals surface area contributed by atoms with Crippen LogP contribution in [0.5, 0.6) is 0 Å². The van der Waals surface area contributed by atoms with Crippen molar-refractivity contribution in [1.82, 2.24) is 20.3 Å². The number of nitrogens with one attached hydrogen (secondary N) is 1. The fourth-order valence-corrected chi connectivity index (χ4v) is 3.56. The summed E-state index contributed by atoms with van der Waals surface area (Å²) in [4.78, 5) is 24.6. The van der Waals surface area contributed by atoms with Gasteiger partial charge in [0.25, 0.3) is 5.91 Å². The first kappa shape index (κ1) is 17.8. The molecule has 0 atom stereocenters. The maximum Gasteiger partial charge on any atom is 0.270 e. The van der Waals surface area contributed by atoms with Crippen molar-refractivity contribution in [1.29, 1.82) is 0 Å². The summed E-state index contributed by atoms with van der Waals surface area (Å²) in [5.41, 5.74) is 4.65. The molecule has 6 heteroatoms. The molecule has 28 heavy (non-hydrogen) atoms. The molecule has 0 spiro atoms. The third-order valence-electron chi connectivity index (χ3n) is 4.37. The van der Waals surface area contributed by atoms with E-state index in [0.717, 1.165) is 34.0 Å². The van der Waals surface area contributed by atoms with Crippen molar-refractivity contribution in [3.05, 3.63) is 76.6 Å². The van der Waals surface area contributed by atoms with Gasteiger partial charge in [0.15, 0.2) is 5.01 Å². The topological polar surface area (TPSA) is 67.8 Å². The van der Waals surface area contributed by atoms with Gasteiger partial charge in [-0.15, -0.1) is 17.8 Å². The number of terminal acetylenes is 1. The number of amides is 1. The van der Waals surface area contributed by atoms with Gasteiger partial charge in [-0.1, -0.05) is 36.4 Å². The van der Waals surface area contributed by atoms with Gasteiger partial charge in [-0.3, -0.25) is 4.79 Å². The number of rotatable bonds is 5. The number of hydrogen-bond acceptors (Lipinski definition) is 5. The van der Waals surface area contributed by atoms with Gasteiger partial charge in [0, 0.05) is 23.5 Å². The SMILES string of the molecule is C#Cc1nc(C(=O)NCCc2ccc(-c3cccc4ncncc34)cc2)cs1. The first-order valence-corrected chi connectivity index (χ1v) is 9.61. The van der Waals surface area contributed by atoms with Crippen LogP contribution in [0.2, 0.25) is 0 Å². The summed E-state index contributed by atoms with van der Waals surface area (Å²) in [6, 6.07) is 14.4. The number of thiazole rings is 1. The monoisotopic (exact) mass is 384 g/mol. The van der Waals surface area contributed by atoms with Gasteiger partial charge in [-0.2, -0.15) is 0 Å². The Morgan fingerprint density at radius 3 is 2.82 bits per heavy atom. The molecule has 1 amide bonds. The summed E-state index contributed by atoms with van der Waals surface area (Å²) < 4.78 is 0. The highest BCUT2D eigenvalue weighted by Crippen LogP contribution is 2.27. The fraction of sp³-hybridized carbons (Fsp3) is 0.0909. The number of aromatic nitrogens is 3. The van der Waals surface area contributed by atoms with Crippen molar-refractivity contribution in [3.8, 4) is 23.5 Å². The number of carbonyl (C=O) groups excluding carboxylic acids is 1. The van der Waals surface area contributed by atoms with E-state index < -0.39 is 0 Å². The van der Waals surface area contributed by atoms with Crippen LogP contribution in [-0.4, -0.2) is 27.4 Å². The molecule has 4 aromatic rings. The van der Waals surface area contributed by atoms with E-state index in [9.17, 15) is 4.79 Å². The summed E-state index contributed by atoms with van der Waals surface area (Å²) >= 11 is 1.29. The predicted molar refractivity (Wildman–Crippen MR) is 111 cm³/mol. The van der Waals surface area contributed by atoms with Crippen LogP contribution in [0.3, 0.4) is 0 Å². The van der Waals surface area contributed by atoms with E-state index in [1.54, 1.807) is 11.7 Å². The Kier molecular flexibility index (Phi) is 5.09. The molecule has 0 radical (unpaired) electrons. The van der Waals surface area contributed by atoms with Crippen LogP contribution in [0.4, 0.5) is 0 Å². The third-order valence-corrected chi connectivity index (χ3v) is 5.15. The van der Waals surface area contributed by atoms with Gasteiger partial charge < -0.3 is 5.32 Å². The first-order valence-electron chi connectivity index (χ1n) is 8.73. The van der Waals surface area contributed by atoms with Crippen LogP contribution in [0.15, 0.2) is 60.4 Å². The van der Waals surface area contributed by atoms with Gasteiger partial charge in [0.2, 0.25) is 0 Å². The summed E-state index contributed by atoms with van der Waals surface area (Å²) in [7, 11) is 0. The molecule has 0 fully saturated rings. The largest absolute Gasteiger partial charge is 0.350 e. The molecule has 136 valence electrons. The predicted octanol–water partition coefficient (Wildman–Crippen LogP) is 3.71. The summed E-state index contributed by atoms with van der Waals surface area (Å²) in [6.45, 7) is 0.531. The molecule has 0 aliphatic heterocycles. The lowest BCUT2D eigenvalue weighted by Crippen LogP contribution is -2.25. The molecule has 0 aliphatic carbocycles. The van der Waals surface area contributed by atoms with Crippen molar-refractivity contribution in [2.45, 2.75) is 6.42 Å². The molecule has 1 N–H and O–H groups in total. The molecule has 4 rings (SSSR count). The maximum absolute atomic E-state index is 12.1. The Morgan fingerprint density at radius 2 is 2.04 bits per heavy atom. The number of fused-ring (bicyclic) bond motifs is 1. The van der Waals surface area contributed by atoms with Crippen LogP contribution < -0.4 is 5.32 Å². The molecule has 0 bridgehead atoms. The van der Waals surface area contributed by atoms with Gasteiger partial charge in [-0.25, -0.2) is 15.0 Å². The smallest absolute Gasteiger partial charge is 0.270 e. The van der Waals surface area contributed by atoms with E-state index >= 15 is 0 Å². The lowest BCUT2D eigenvalue weighted by Gasteiger charge is -2.08. The van der Waals surface area contributed by atoms with Crippen molar-refractivity contribution in [2.24, 2.45) is 0 Å². The van der Waals surface area contributed by atoms with E-state index in [0.29, 0.717) is 17.2 Å². The normalized spacial score (nSPS) is 10.5. The van der Waals surface area contributed by atoms with Crippen LogP contribution in [0, 0.1) is 12.3 Å². The molecule has 5 nitrogen and oxygen atoms in total. The average Bonchev–Trinajstić information content (AvgIpc) is 3.23. The van der Waals surface area contributed by atoms with Crippen LogP contribution in [0.25, 0.3) is 22.0 Å². The number of benzene rings is 2. The Labute approximate surface area is 166 Å². The highest BCUT2D eigenvalue weighted by atomic mass is 32.1. The van der Waals surface area contributed by atoms with E-state index in [2.05, 4.69) is 56.5 Å². The Balaban J connectivity index is 1.41. The van der Waals surface area contributed by atoms with Crippen molar-refractivity contribution in [3.63, 3.8) is 0 Å². The second-order valence-corrected chi connectivity index (χ2v) is 7.00. The molecule has 0 saturated heterocycles. The Bertz CT molecular complexity index is 1170. The zero-order chi connectivity index (χ0) is 19.3. The minimum Gasteiger partial charge on any atom is -0.350 e. The van der Waals surface area contributed by atoms with E-state index in [-0.39, 0.29) is 5.91 Å². The van der Waals surface area contributed by atoms with Gasteiger partial charge in [0.1, 0.15) is 12.0 Å². The Hall–Kier alpha value is -3.56. The first-order chi connectivity index (χ1) is 13.7. The lowest BCUT2D eigenvalue weighted by atomic mass is 10.00. The summed E-state index contributed by atoms with van der Waals surface area (Å²) in [5.74, 6) is 2.23. The zero-order valence-corrected chi connectivity index (χ0v) is 15.7. The quantitative estimate of drug-likeness (QED) is 0.533. The van der Waals surface area contributed by atoms with Gasteiger partial charge in [-0.05, 0) is 35.1 Å². The van der Waals surface area contributed by atoms with Crippen molar-refractivity contribution in [2.75, 3.05) is 6.54 Å². The number of nitrogens with zero attached hydrogens (tertiary/aromatic N) is 3. The van der Waals surface area contributed by atoms with Gasteiger partial charge in [0.05, 0.1) is 5.52 Å². The van der Waals surface area contributed by atoms with E-state index in [1.165, 1.54) is 11.3 Å². The molecule has 0 aliphatic rings. The van der Waals surface area contributed by atoms with Crippen LogP contribution in [0.1, 0.15) is 21.1 Å². The molecule has 2 aromatic carbocycles. The molecule has 2 aromatic heterocycles. The molecule has 0 unspecified atom stereocenters. The van der Waals surface area contributed by atoms with Crippen LogP contribution >= 0.6 is 11.3 Å². The minimum absolute atomic E-state index is 0.204. The van der Waals surface area contributed by atoms with Gasteiger partial charge >= 0.3 is 0 Å². The highest BCUT2D eigenvalue weighted by molar-refractivity contribution is 7.10. The molecule has 2 heterocycles. The third kappa shape index (κ3) is 3.75. The second-order valence-electron chi connectivity index (χ2n) is 6.15. The maximum atomic E-state index is 12.1. The summed E-state index contributed by atoms with van der Waals surface area (Å²) in [6.07, 6.45) is 9.41. The van der Waals surface area contributed by atoms with E-state index in [4.69, 9.17) is 6.42 Å². The zero-order valence-electron chi connectivity index (χ0n) is 14.9. The molecular weight excluding hydrogens is 368 g/mol. The number of hydrogen-bond donors (Lipinski definition) is 1. The highest BCUT2D eigenvalue weighted by Gasteiger charge is 2.09. The van der Waals surface area contributed by atoms with E-state index in [1.807, 2.05) is 18.3 Å². The fourth-order valence-electron chi connectivity index (χ4n) is 2.96. The molecule has 0 saturated carbocycles. The Morgan fingerprint density at radius 1 is 1.18 bits per heavy atom. The summed E-state index contributed by atoms with van der Waals surface area (Å²) in [5, 5.41) is 6.09. The second kappa shape index (κ2) is 7.99. The molecular formula is C22H16N4OS.